The lowest BCUT2D eigenvalue weighted by Gasteiger charge is -2.22. The molecule has 0 fully saturated rings. The average molecular weight is 578 g/mol. The maximum absolute atomic E-state index is 13.6. The zero-order valence-corrected chi connectivity index (χ0v) is 23.4. The number of hydrogen-bond donors (Lipinski definition) is 2. The van der Waals surface area contributed by atoms with Gasteiger partial charge in [0.15, 0.2) is 5.75 Å². The first-order valence-corrected chi connectivity index (χ1v) is 14.8. The summed E-state index contributed by atoms with van der Waals surface area (Å²) in [6.45, 7) is 5.84. The van der Waals surface area contributed by atoms with Gasteiger partial charge in [-0.2, -0.15) is 12.7 Å². The third-order valence-electron chi connectivity index (χ3n) is 5.16. The van der Waals surface area contributed by atoms with E-state index in [-0.39, 0.29) is 30.5 Å². The Morgan fingerprint density at radius 1 is 1.00 bits per heavy atom. The van der Waals surface area contributed by atoms with Gasteiger partial charge in [-0.15, -0.1) is 0 Å². The van der Waals surface area contributed by atoms with Crippen molar-refractivity contribution in [2.75, 3.05) is 13.2 Å². The monoisotopic (exact) mass is 577 g/mol. The number of oxime groups is 1. The summed E-state index contributed by atoms with van der Waals surface area (Å²) in [7, 11) is -8.81. The first kappa shape index (κ1) is 29.8. The molecule has 1 heterocycles. The number of pyridine rings is 1. The van der Waals surface area contributed by atoms with Crippen LogP contribution < -0.4 is 20.2 Å². The molecule has 12 nitrogen and oxygen atoms in total. The maximum atomic E-state index is 13.6. The molecule has 0 bridgehead atoms. The van der Waals surface area contributed by atoms with Crippen LogP contribution in [-0.4, -0.2) is 45.2 Å². The molecule has 0 spiro atoms. The number of benzene rings is 2. The van der Waals surface area contributed by atoms with Gasteiger partial charge in [0, 0.05) is 31.5 Å². The van der Waals surface area contributed by atoms with E-state index in [1.165, 1.54) is 40.7 Å². The van der Waals surface area contributed by atoms with E-state index in [0.717, 1.165) is 6.42 Å². The Morgan fingerprint density at radius 3 is 2.33 bits per heavy atom. The molecule has 0 aliphatic heterocycles. The van der Waals surface area contributed by atoms with Crippen molar-refractivity contribution in [3.8, 4) is 11.5 Å². The Morgan fingerprint density at radius 2 is 1.67 bits per heavy atom. The molecular weight excluding hydrogens is 546 g/mol. The summed E-state index contributed by atoms with van der Waals surface area (Å²) in [5.74, 6) is -0.118. The number of nitrogens with one attached hydrogen (secondary N) is 1. The van der Waals surface area contributed by atoms with E-state index in [9.17, 15) is 16.8 Å². The van der Waals surface area contributed by atoms with Gasteiger partial charge < -0.3 is 14.8 Å². The Bertz CT molecular complexity index is 1500. The second kappa shape index (κ2) is 13.4. The number of nitrogens with zero attached hydrogens (tertiary/aromatic N) is 3. The number of nitrogens with two attached hydrogens (primary N) is 1. The van der Waals surface area contributed by atoms with Crippen LogP contribution in [0.5, 0.6) is 11.5 Å². The number of aromatic nitrogens is 1. The van der Waals surface area contributed by atoms with Crippen LogP contribution in [0.2, 0.25) is 0 Å². The lowest BCUT2D eigenvalue weighted by Crippen LogP contribution is -2.32. The van der Waals surface area contributed by atoms with E-state index in [1.807, 2.05) is 6.92 Å². The van der Waals surface area contributed by atoms with Crippen LogP contribution in [0.3, 0.4) is 0 Å². The highest BCUT2D eigenvalue weighted by molar-refractivity contribution is 7.91. The van der Waals surface area contributed by atoms with Crippen LogP contribution in [0.15, 0.2) is 81.9 Å². The van der Waals surface area contributed by atoms with Crippen LogP contribution in [-0.2, 0) is 31.5 Å². The molecule has 0 radical (unpaired) electrons. The van der Waals surface area contributed by atoms with Crippen LogP contribution in [0.4, 0.5) is 0 Å². The lowest BCUT2D eigenvalue weighted by atomic mass is 10.2. The Labute approximate surface area is 228 Å². The van der Waals surface area contributed by atoms with Gasteiger partial charge in [0.05, 0.1) is 6.61 Å². The molecule has 3 rings (SSSR count). The van der Waals surface area contributed by atoms with Gasteiger partial charge in [-0.3, -0.25) is 9.82 Å². The van der Waals surface area contributed by atoms with Crippen molar-refractivity contribution in [2.24, 2.45) is 10.9 Å². The van der Waals surface area contributed by atoms with Gasteiger partial charge in [-0.05, 0) is 66.0 Å². The van der Waals surface area contributed by atoms with Crippen molar-refractivity contribution < 1.29 is 30.7 Å². The van der Waals surface area contributed by atoms with Gasteiger partial charge in [0.2, 0.25) is 10.0 Å². The molecule has 0 atom stereocenters. The molecule has 0 amide bonds. The highest BCUT2D eigenvalue weighted by Crippen LogP contribution is 2.30. The minimum absolute atomic E-state index is 0.0389. The molecule has 39 heavy (non-hydrogen) atoms. The van der Waals surface area contributed by atoms with Gasteiger partial charge in [0.25, 0.3) is 5.96 Å². The highest BCUT2D eigenvalue weighted by atomic mass is 32.2. The Hall–Kier alpha value is -3.72. The molecule has 14 heteroatoms. The van der Waals surface area contributed by atoms with Crippen molar-refractivity contribution in [3.63, 3.8) is 0 Å². The Kier molecular flexibility index (Phi) is 10.2. The van der Waals surface area contributed by atoms with Crippen molar-refractivity contribution in [1.82, 2.24) is 14.8 Å². The number of hydrogen-bond acceptors (Lipinski definition) is 9. The van der Waals surface area contributed by atoms with E-state index in [1.54, 1.807) is 44.4 Å². The molecular formula is C25H31N5O7S2. The smallest absolute Gasteiger partial charge is 0.340 e. The number of hydroxylamine groups is 1. The van der Waals surface area contributed by atoms with Crippen molar-refractivity contribution >= 4 is 26.1 Å². The van der Waals surface area contributed by atoms with Crippen LogP contribution in [0, 0.1) is 6.92 Å². The largest absolute Gasteiger partial charge is 0.379 e. The van der Waals surface area contributed by atoms with Crippen LogP contribution in [0.25, 0.3) is 0 Å². The fraction of sp³-hybridized carbons (Fsp3) is 0.280. The topological polar surface area (TPSA) is 163 Å². The maximum Gasteiger partial charge on any atom is 0.340 e. The fourth-order valence-corrected chi connectivity index (χ4v) is 6.53. The molecule has 1 aromatic heterocycles. The zero-order valence-electron chi connectivity index (χ0n) is 21.8. The van der Waals surface area contributed by atoms with Gasteiger partial charge in [-0.25, -0.2) is 13.9 Å². The SMILES string of the molecule is CCCONC(N)=NOc1cc(C)cc(OS(=O)(=O)c2ccccc2S(=O)(=O)N(CC)Cc2ccncc2)c1. The minimum Gasteiger partial charge on any atom is -0.379 e. The summed E-state index contributed by atoms with van der Waals surface area (Å²) < 4.78 is 60.3. The van der Waals surface area contributed by atoms with Gasteiger partial charge >= 0.3 is 10.1 Å². The zero-order chi connectivity index (χ0) is 28.5. The Balaban J connectivity index is 1.88. The molecule has 0 aliphatic carbocycles. The van der Waals surface area contributed by atoms with Crippen LogP contribution >= 0.6 is 0 Å². The van der Waals surface area contributed by atoms with Gasteiger partial charge in [-0.1, -0.05) is 26.0 Å². The summed E-state index contributed by atoms with van der Waals surface area (Å²) in [6, 6.07) is 13.0. The van der Waals surface area contributed by atoms with Gasteiger partial charge in [0.1, 0.15) is 15.5 Å². The van der Waals surface area contributed by atoms with Crippen molar-refractivity contribution in [3.05, 3.63) is 78.1 Å². The second-order valence-electron chi connectivity index (χ2n) is 8.27. The predicted octanol–water partition coefficient (Wildman–Crippen LogP) is 2.91. The van der Waals surface area contributed by atoms with E-state index in [4.69, 9.17) is 19.6 Å². The van der Waals surface area contributed by atoms with Crippen molar-refractivity contribution in [1.29, 1.82) is 0 Å². The predicted molar refractivity (Wildman–Crippen MR) is 145 cm³/mol. The van der Waals surface area contributed by atoms with E-state index in [2.05, 4.69) is 15.6 Å². The molecule has 0 saturated carbocycles. The van der Waals surface area contributed by atoms with E-state index >= 15 is 0 Å². The quantitative estimate of drug-likeness (QED) is 0.102. The van der Waals surface area contributed by atoms with Crippen molar-refractivity contribution in [2.45, 2.75) is 43.5 Å². The first-order valence-electron chi connectivity index (χ1n) is 12.0. The fourth-order valence-electron chi connectivity index (χ4n) is 3.40. The molecule has 2 aromatic carbocycles. The second-order valence-corrected chi connectivity index (χ2v) is 11.7. The summed E-state index contributed by atoms with van der Waals surface area (Å²) in [5.41, 5.74) is 9.36. The summed E-state index contributed by atoms with van der Waals surface area (Å²) >= 11 is 0. The van der Waals surface area contributed by atoms with Crippen LogP contribution in [0.1, 0.15) is 31.4 Å². The molecule has 0 aliphatic rings. The third-order valence-corrected chi connectivity index (χ3v) is 8.57. The molecule has 0 unspecified atom stereocenters. The molecule has 0 saturated heterocycles. The average Bonchev–Trinajstić information content (AvgIpc) is 2.90. The summed E-state index contributed by atoms with van der Waals surface area (Å²) in [4.78, 5) is 13.3. The standard InChI is InChI=1S/C25H31N5O7S2/c1-4-14-35-28-25(26)29-36-21-15-19(3)16-22(17-21)37-39(33,34)24-9-7-6-8-23(24)38(31,32)30(5-2)18-20-10-12-27-13-11-20/h6-13,15-17H,4-5,14,18H2,1-3H3,(H3,26,28,29). The number of guanidine groups is 1. The number of sulfonamides is 1. The van der Waals surface area contributed by atoms with E-state index in [0.29, 0.717) is 17.7 Å². The molecule has 3 aromatic rings. The van der Waals surface area contributed by atoms with E-state index < -0.39 is 29.9 Å². The third kappa shape index (κ3) is 8.13. The number of rotatable bonds is 13. The lowest BCUT2D eigenvalue weighted by molar-refractivity contribution is 0.0824. The number of aryl methyl sites for hydroxylation is 1. The first-order chi connectivity index (χ1) is 18.6. The summed E-state index contributed by atoms with van der Waals surface area (Å²) in [5, 5.41) is 3.68. The minimum atomic E-state index is -4.59. The molecule has 3 N–H and O–H groups in total. The normalized spacial score (nSPS) is 12.4. The molecule has 210 valence electrons. The highest BCUT2D eigenvalue weighted by Gasteiger charge is 2.32. The summed E-state index contributed by atoms with van der Waals surface area (Å²) in [6.07, 6.45) is 3.87.